The molecule has 1 aromatic heterocycles. The smallest absolute Gasteiger partial charge is 0.231 e. The first-order valence-corrected chi connectivity index (χ1v) is 7.40. The van der Waals surface area contributed by atoms with Crippen LogP contribution in [0.15, 0.2) is 29.6 Å². The van der Waals surface area contributed by atoms with Crippen molar-refractivity contribution >= 4 is 22.9 Å². The van der Waals surface area contributed by atoms with E-state index in [1.807, 2.05) is 12.1 Å². The maximum Gasteiger partial charge on any atom is 0.231 e. The Morgan fingerprint density at radius 1 is 1.32 bits per heavy atom. The van der Waals surface area contributed by atoms with E-state index >= 15 is 0 Å². The molecule has 0 unspecified atom stereocenters. The van der Waals surface area contributed by atoms with Gasteiger partial charge in [-0.1, -0.05) is 17.7 Å². The standard InChI is InChI=1S/C14H14ClNO2S/c15-12-6-10(7-13-14(12)18-9-17-13)8-16-4-3-11-2-1-5-19-11/h1-2,5-7,16H,3-4,8-9H2. The molecule has 2 aromatic rings. The van der Waals surface area contributed by atoms with Gasteiger partial charge in [0.2, 0.25) is 6.79 Å². The SMILES string of the molecule is Clc1cc(CNCCc2cccs2)cc2c1OCO2. The average molecular weight is 296 g/mol. The highest BCUT2D eigenvalue weighted by Crippen LogP contribution is 2.39. The van der Waals surface area contributed by atoms with Gasteiger partial charge in [-0.05, 0) is 35.6 Å². The van der Waals surface area contributed by atoms with Crippen LogP contribution in [0.4, 0.5) is 0 Å². The van der Waals surface area contributed by atoms with Crippen molar-refractivity contribution in [1.29, 1.82) is 0 Å². The molecule has 0 amide bonds. The van der Waals surface area contributed by atoms with Crippen LogP contribution >= 0.6 is 22.9 Å². The van der Waals surface area contributed by atoms with E-state index in [0.717, 1.165) is 30.8 Å². The summed E-state index contributed by atoms with van der Waals surface area (Å²) in [5, 5.41) is 6.13. The second-order valence-electron chi connectivity index (χ2n) is 4.32. The lowest BCUT2D eigenvalue weighted by Crippen LogP contribution is -2.16. The van der Waals surface area contributed by atoms with Gasteiger partial charge in [0, 0.05) is 18.0 Å². The molecule has 1 aliphatic heterocycles. The fourth-order valence-electron chi connectivity index (χ4n) is 2.02. The van der Waals surface area contributed by atoms with Gasteiger partial charge < -0.3 is 14.8 Å². The summed E-state index contributed by atoms with van der Waals surface area (Å²) in [6.45, 7) is 1.98. The van der Waals surface area contributed by atoms with Crippen LogP contribution in [-0.2, 0) is 13.0 Å². The summed E-state index contributed by atoms with van der Waals surface area (Å²) in [5.41, 5.74) is 1.11. The molecule has 0 saturated heterocycles. The Morgan fingerprint density at radius 2 is 2.26 bits per heavy atom. The number of hydrogen-bond donors (Lipinski definition) is 1. The normalized spacial score (nSPS) is 12.9. The monoisotopic (exact) mass is 295 g/mol. The minimum atomic E-state index is 0.254. The Balaban J connectivity index is 1.54. The first-order chi connectivity index (χ1) is 9.33. The van der Waals surface area contributed by atoms with Crippen LogP contribution in [0.3, 0.4) is 0 Å². The predicted molar refractivity (Wildman–Crippen MR) is 77.3 cm³/mol. The number of thiophene rings is 1. The van der Waals surface area contributed by atoms with E-state index in [9.17, 15) is 0 Å². The van der Waals surface area contributed by atoms with Gasteiger partial charge in [0.1, 0.15) is 0 Å². The molecule has 1 N–H and O–H groups in total. The molecule has 0 atom stereocenters. The van der Waals surface area contributed by atoms with Crippen LogP contribution in [0.1, 0.15) is 10.4 Å². The molecule has 3 rings (SSSR count). The van der Waals surface area contributed by atoms with Crippen molar-refractivity contribution in [3.63, 3.8) is 0 Å². The largest absolute Gasteiger partial charge is 0.454 e. The maximum absolute atomic E-state index is 6.14. The minimum Gasteiger partial charge on any atom is -0.454 e. The Kier molecular flexibility index (Phi) is 3.92. The van der Waals surface area contributed by atoms with Gasteiger partial charge in [-0.3, -0.25) is 0 Å². The lowest BCUT2D eigenvalue weighted by molar-refractivity contribution is 0.174. The summed E-state index contributed by atoms with van der Waals surface area (Å²) in [4.78, 5) is 1.40. The fourth-order valence-corrected chi connectivity index (χ4v) is 3.02. The van der Waals surface area contributed by atoms with Crippen LogP contribution in [0, 0.1) is 0 Å². The molecular weight excluding hydrogens is 282 g/mol. The van der Waals surface area contributed by atoms with E-state index in [1.165, 1.54) is 4.88 Å². The van der Waals surface area contributed by atoms with Gasteiger partial charge in [0.15, 0.2) is 11.5 Å². The molecule has 2 heterocycles. The average Bonchev–Trinajstić information content (AvgIpc) is 3.05. The van der Waals surface area contributed by atoms with Crippen LogP contribution in [-0.4, -0.2) is 13.3 Å². The van der Waals surface area contributed by atoms with Gasteiger partial charge in [0.05, 0.1) is 5.02 Å². The van der Waals surface area contributed by atoms with E-state index in [4.69, 9.17) is 21.1 Å². The van der Waals surface area contributed by atoms with E-state index in [0.29, 0.717) is 10.8 Å². The van der Waals surface area contributed by atoms with E-state index < -0.39 is 0 Å². The lowest BCUT2D eigenvalue weighted by Gasteiger charge is -2.06. The Morgan fingerprint density at radius 3 is 3.11 bits per heavy atom. The summed E-state index contributed by atoms with van der Waals surface area (Å²) < 4.78 is 10.6. The third-order valence-corrected chi connectivity index (χ3v) is 4.16. The second kappa shape index (κ2) is 5.82. The number of ether oxygens (including phenoxy) is 2. The van der Waals surface area contributed by atoms with Crippen molar-refractivity contribution < 1.29 is 9.47 Å². The highest BCUT2D eigenvalue weighted by Gasteiger charge is 2.17. The molecule has 1 aliphatic rings. The highest BCUT2D eigenvalue weighted by atomic mass is 35.5. The topological polar surface area (TPSA) is 30.5 Å². The van der Waals surface area contributed by atoms with Crippen molar-refractivity contribution in [3.05, 3.63) is 45.1 Å². The molecule has 0 radical (unpaired) electrons. The number of fused-ring (bicyclic) bond motifs is 1. The molecule has 3 nitrogen and oxygen atoms in total. The maximum atomic E-state index is 6.14. The van der Waals surface area contributed by atoms with Gasteiger partial charge in [0.25, 0.3) is 0 Å². The number of nitrogens with one attached hydrogen (secondary N) is 1. The van der Waals surface area contributed by atoms with Gasteiger partial charge in [-0.2, -0.15) is 0 Å². The molecule has 0 saturated carbocycles. The number of benzene rings is 1. The summed E-state index contributed by atoms with van der Waals surface area (Å²) in [5.74, 6) is 1.39. The van der Waals surface area contributed by atoms with E-state index in [2.05, 4.69) is 22.8 Å². The zero-order chi connectivity index (χ0) is 13.1. The third kappa shape index (κ3) is 3.03. The number of rotatable bonds is 5. The lowest BCUT2D eigenvalue weighted by atomic mass is 10.2. The summed E-state index contributed by atoms with van der Waals surface area (Å²) in [6.07, 6.45) is 1.05. The highest BCUT2D eigenvalue weighted by molar-refractivity contribution is 7.09. The fraction of sp³-hybridized carbons (Fsp3) is 0.286. The summed E-state index contributed by atoms with van der Waals surface area (Å²) in [7, 11) is 0. The van der Waals surface area contributed by atoms with Crippen LogP contribution in [0.25, 0.3) is 0 Å². The molecule has 19 heavy (non-hydrogen) atoms. The molecular formula is C14H14ClNO2S. The first kappa shape index (κ1) is 12.8. The molecule has 100 valence electrons. The van der Waals surface area contributed by atoms with Crippen molar-refractivity contribution in [1.82, 2.24) is 5.32 Å². The van der Waals surface area contributed by atoms with E-state index in [-0.39, 0.29) is 6.79 Å². The quantitative estimate of drug-likeness (QED) is 0.857. The Labute approximate surface area is 121 Å². The van der Waals surface area contributed by atoms with Crippen LogP contribution in [0.5, 0.6) is 11.5 Å². The molecule has 0 bridgehead atoms. The zero-order valence-electron chi connectivity index (χ0n) is 10.3. The van der Waals surface area contributed by atoms with Crippen molar-refractivity contribution in [2.75, 3.05) is 13.3 Å². The summed E-state index contributed by atoms with van der Waals surface area (Å²) in [6, 6.07) is 8.14. The van der Waals surface area contributed by atoms with Gasteiger partial charge in [-0.15, -0.1) is 11.3 Å². The van der Waals surface area contributed by atoms with Crippen molar-refractivity contribution in [2.45, 2.75) is 13.0 Å². The van der Waals surface area contributed by atoms with E-state index in [1.54, 1.807) is 11.3 Å². The molecule has 0 aliphatic carbocycles. The number of halogens is 1. The first-order valence-electron chi connectivity index (χ1n) is 6.14. The van der Waals surface area contributed by atoms with Crippen molar-refractivity contribution in [3.8, 4) is 11.5 Å². The Bertz CT molecular complexity index is 557. The molecule has 1 aromatic carbocycles. The molecule has 5 heteroatoms. The Hall–Kier alpha value is -1.23. The predicted octanol–water partition coefficient (Wildman–Crippen LogP) is 3.46. The van der Waals surface area contributed by atoms with Crippen molar-refractivity contribution in [2.24, 2.45) is 0 Å². The number of hydrogen-bond acceptors (Lipinski definition) is 4. The zero-order valence-corrected chi connectivity index (χ0v) is 11.9. The summed E-state index contributed by atoms with van der Waals surface area (Å²) >= 11 is 7.93. The van der Waals surface area contributed by atoms with Gasteiger partial charge >= 0.3 is 0 Å². The third-order valence-electron chi connectivity index (χ3n) is 2.94. The minimum absolute atomic E-state index is 0.254. The van der Waals surface area contributed by atoms with Crippen LogP contribution in [0.2, 0.25) is 5.02 Å². The van der Waals surface area contributed by atoms with Crippen LogP contribution < -0.4 is 14.8 Å². The van der Waals surface area contributed by atoms with Gasteiger partial charge in [-0.25, -0.2) is 0 Å². The molecule has 0 fully saturated rings. The second-order valence-corrected chi connectivity index (χ2v) is 5.76. The molecule has 0 spiro atoms.